The standard InChI is InChI=1S/C42H70N6O6/c1-13-28(6)38(47(10)42(52)36(26(2)3)45-41(51)37(27(4)5)46(8)9)34(53-11)25-35(49)48-23-15-17-33(48)39(54-12)29(7)40(50)44-22-20-30-18-19-31-16-14-21-43-32(31)24-30/h14,16,18-19,21,24,26-29,33-34,36-40,44,50H,13,15,17,20,22-23,25H2,1-12H3,(H,45,51)/t28-,29+,33-,34+,36-,37-,38?,39+,40?/m0/s1. The van der Waals surface area contributed by atoms with E-state index in [1.165, 1.54) is 0 Å². The van der Waals surface area contributed by atoms with Crippen LogP contribution in [0, 0.1) is 23.7 Å². The van der Waals surface area contributed by atoms with E-state index < -0.39 is 30.5 Å². The Labute approximate surface area is 324 Å². The fraction of sp³-hybridized carbons (Fsp3) is 0.714. The lowest BCUT2D eigenvalue weighted by Crippen LogP contribution is -2.59. The number of carbonyl (C=O) groups excluding carboxylic acids is 3. The number of likely N-dealkylation sites (N-methyl/N-ethyl adjacent to an activating group) is 2. The summed E-state index contributed by atoms with van der Waals surface area (Å²) in [5.74, 6) is -0.834. The second kappa shape index (κ2) is 21.2. The van der Waals surface area contributed by atoms with Gasteiger partial charge < -0.3 is 29.7 Å². The van der Waals surface area contributed by atoms with Crippen molar-refractivity contribution in [3.05, 3.63) is 42.1 Å². The van der Waals surface area contributed by atoms with Gasteiger partial charge >= 0.3 is 0 Å². The number of carbonyl (C=O) groups is 3. The summed E-state index contributed by atoms with van der Waals surface area (Å²) in [6.45, 7) is 15.1. The molecule has 0 saturated carbocycles. The number of hydrogen-bond donors (Lipinski definition) is 3. The van der Waals surface area contributed by atoms with Crippen LogP contribution in [0.5, 0.6) is 0 Å². The molecule has 2 unspecified atom stereocenters. The third-order valence-corrected chi connectivity index (χ3v) is 11.5. The van der Waals surface area contributed by atoms with Crippen LogP contribution in [0.25, 0.3) is 10.9 Å². The Bertz CT molecular complexity index is 1480. The number of aromatic nitrogens is 1. The van der Waals surface area contributed by atoms with Crippen molar-refractivity contribution in [1.29, 1.82) is 0 Å². The second-order valence-electron chi connectivity index (χ2n) is 16.2. The average molecular weight is 755 g/mol. The summed E-state index contributed by atoms with van der Waals surface area (Å²) in [5.41, 5.74) is 2.08. The van der Waals surface area contributed by atoms with Gasteiger partial charge in [-0.2, -0.15) is 0 Å². The Morgan fingerprint density at radius 1 is 1.02 bits per heavy atom. The van der Waals surface area contributed by atoms with E-state index in [4.69, 9.17) is 9.47 Å². The van der Waals surface area contributed by atoms with E-state index in [2.05, 4.69) is 47.7 Å². The molecule has 3 rings (SSSR count). The normalized spacial score (nSPS) is 19.4. The van der Waals surface area contributed by atoms with Gasteiger partial charge in [-0.05, 0) is 68.8 Å². The highest BCUT2D eigenvalue weighted by molar-refractivity contribution is 5.90. The lowest BCUT2D eigenvalue weighted by Gasteiger charge is -2.41. The van der Waals surface area contributed by atoms with Crippen molar-refractivity contribution in [3.63, 3.8) is 0 Å². The number of hydrogen-bond acceptors (Lipinski definition) is 9. The number of benzene rings is 1. The second-order valence-corrected chi connectivity index (χ2v) is 16.2. The fourth-order valence-electron chi connectivity index (χ4n) is 8.29. The molecule has 1 aromatic heterocycles. The van der Waals surface area contributed by atoms with Gasteiger partial charge in [0.05, 0.1) is 42.3 Å². The molecule has 2 heterocycles. The van der Waals surface area contributed by atoms with Gasteiger partial charge in [-0.25, -0.2) is 0 Å². The number of fused-ring (bicyclic) bond motifs is 1. The van der Waals surface area contributed by atoms with Gasteiger partial charge in [0.15, 0.2) is 0 Å². The van der Waals surface area contributed by atoms with E-state index in [0.717, 1.165) is 42.1 Å². The predicted molar refractivity (Wildman–Crippen MR) is 215 cm³/mol. The Kier molecular flexibility index (Phi) is 17.8. The van der Waals surface area contributed by atoms with Crippen molar-refractivity contribution >= 4 is 28.6 Å². The smallest absolute Gasteiger partial charge is 0.245 e. The summed E-state index contributed by atoms with van der Waals surface area (Å²) < 4.78 is 12.1. The molecule has 3 N–H and O–H groups in total. The first-order valence-electron chi connectivity index (χ1n) is 19.9. The van der Waals surface area contributed by atoms with Gasteiger partial charge in [0.1, 0.15) is 12.3 Å². The van der Waals surface area contributed by atoms with Gasteiger partial charge in [-0.3, -0.25) is 29.6 Å². The molecule has 9 atom stereocenters. The first kappa shape index (κ1) is 45.2. The first-order chi connectivity index (χ1) is 25.6. The van der Waals surface area contributed by atoms with E-state index in [9.17, 15) is 19.5 Å². The van der Waals surface area contributed by atoms with E-state index in [1.807, 2.05) is 70.6 Å². The molecule has 12 heteroatoms. The lowest BCUT2D eigenvalue weighted by atomic mass is 9.89. The van der Waals surface area contributed by atoms with Crippen molar-refractivity contribution in [1.82, 2.24) is 30.3 Å². The number of ether oxygens (including phenoxy) is 2. The maximum Gasteiger partial charge on any atom is 0.245 e. The molecule has 1 aromatic carbocycles. The molecule has 1 aliphatic heterocycles. The number of aliphatic hydroxyl groups is 1. The molecule has 1 aliphatic rings. The van der Waals surface area contributed by atoms with Crippen molar-refractivity contribution < 1.29 is 29.0 Å². The Balaban J connectivity index is 1.71. The van der Waals surface area contributed by atoms with Crippen LogP contribution < -0.4 is 10.6 Å². The largest absolute Gasteiger partial charge is 0.379 e. The molecule has 3 amide bonds. The Morgan fingerprint density at radius 2 is 1.72 bits per heavy atom. The molecule has 0 bridgehead atoms. The number of nitrogens with zero attached hydrogens (tertiary/aromatic N) is 4. The van der Waals surface area contributed by atoms with E-state index in [0.29, 0.717) is 13.1 Å². The SMILES string of the molecule is CC[C@H](C)C([C@@H](CC(=O)N1CCC[C@H]1[C@H](OC)[C@@H](C)C(O)NCCc1ccc2cccnc2c1)OC)N(C)C(=O)[C@@H](NC(=O)[C@H](C(C)C)N(C)C)C(C)C. The van der Waals surface area contributed by atoms with Gasteiger partial charge in [0, 0.05) is 51.9 Å². The van der Waals surface area contributed by atoms with E-state index in [1.54, 1.807) is 32.4 Å². The highest BCUT2D eigenvalue weighted by Gasteiger charge is 2.43. The molecular weight excluding hydrogens is 684 g/mol. The number of amides is 3. The molecule has 0 aliphatic carbocycles. The van der Waals surface area contributed by atoms with Gasteiger partial charge in [0.25, 0.3) is 0 Å². The van der Waals surface area contributed by atoms with Crippen molar-refractivity contribution in [2.24, 2.45) is 23.7 Å². The van der Waals surface area contributed by atoms with E-state index >= 15 is 0 Å². The number of aliphatic hydroxyl groups excluding tert-OH is 1. The van der Waals surface area contributed by atoms with Crippen LogP contribution in [0.1, 0.15) is 79.7 Å². The van der Waals surface area contributed by atoms with Crippen LogP contribution in [-0.2, 0) is 30.3 Å². The molecule has 1 saturated heterocycles. The molecule has 2 aromatic rings. The third-order valence-electron chi connectivity index (χ3n) is 11.5. The van der Waals surface area contributed by atoms with Gasteiger partial charge in [-0.15, -0.1) is 0 Å². The average Bonchev–Trinajstić information content (AvgIpc) is 3.62. The summed E-state index contributed by atoms with van der Waals surface area (Å²) in [7, 11) is 8.73. The molecular formula is C42H70N6O6. The minimum absolute atomic E-state index is 0.0126. The molecule has 12 nitrogen and oxygen atoms in total. The van der Waals surface area contributed by atoms with Crippen LogP contribution in [0.15, 0.2) is 36.5 Å². The van der Waals surface area contributed by atoms with Crippen LogP contribution in [0.3, 0.4) is 0 Å². The van der Waals surface area contributed by atoms with Crippen molar-refractivity contribution in [2.45, 2.75) is 123 Å². The summed E-state index contributed by atoms with van der Waals surface area (Å²) in [6.07, 6.45) is 3.15. The Hall–Kier alpha value is -3.16. The zero-order chi connectivity index (χ0) is 40.3. The number of likely N-dealkylation sites (tertiary alicyclic amines) is 1. The number of nitrogens with one attached hydrogen (secondary N) is 2. The molecule has 304 valence electrons. The summed E-state index contributed by atoms with van der Waals surface area (Å²) in [4.78, 5) is 51.8. The zero-order valence-corrected chi connectivity index (χ0v) is 35.0. The number of pyridine rings is 1. The highest BCUT2D eigenvalue weighted by Crippen LogP contribution is 2.30. The van der Waals surface area contributed by atoms with Crippen LogP contribution in [-0.4, -0.2) is 134 Å². The monoisotopic (exact) mass is 755 g/mol. The molecule has 1 fully saturated rings. The topological polar surface area (TPSA) is 137 Å². The summed E-state index contributed by atoms with van der Waals surface area (Å²) in [5, 5.41) is 18.7. The van der Waals surface area contributed by atoms with Gasteiger partial charge in [-0.1, -0.05) is 73.1 Å². The number of methoxy groups -OCH3 is 2. The van der Waals surface area contributed by atoms with Crippen LogP contribution in [0.4, 0.5) is 0 Å². The highest BCUT2D eigenvalue weighted by atomic mass is 16.5. The van der Waals surface area contributed by atoms with E-state index in [-0.39, 0.29) is 59.9 Å². The van der Waals surface area contributed by atoms with Gasteiger partial charge in [0.2, 0.25) is 17.7 Å². The lowest BCUT2D eigenvalue weighted by molar-refractivity contribution is -0.147. The fourth-order valence-corrected chi connectivity index (χ4v) is 8.29. The summed E-state index contributed by atoms with van der Waals surface area (Å²) in [6, 6.07) is 8.45. The quantitative estimate of drug-likeness (QED) is 0.159. The molecule has 0 spiro atoms. The predicted octanol–water partition coefficient (Wildman–Crippen LogP) is 4.33. The number of rotatable bonds is 21. The molecule has 0 radical (unpaired) electrons. The van der Waals surface area contributed by atoms with Crippen molar-refractivity contribution in [3.8, 4) is 0 Å². The third kappa shape index (κ3) is 11.4. The Morgan fingerprint density at radius 3 is 2.31 bits per heavy atom. The molecule has 54 heavy (non-hydrogen) atoms. The minimum Gasteiger partial charge on any atom is -0.379 e. The van der Waals surface area contributed by atoms with Crippen LogP contribution >= 0.6 is 0 Å². The maximum atomic E-state index is 14.2. The van der Waals surface area contributed by atoms with Crippen molar-refractivity contribution in [2.75, 3.05) is 48.5 Å². The minimum atomic E-state index is -0.838. The zero-order valence-electron chi connectivity index (χ0n) is 35.0. The summed E-state index contributed by atoms with van der Waals surface area (Å²) >= 11 is 0. The van der Waals surface area contributed by atoms with Crippen LogP contribution in [0.2, 0.25) is 0 Å². The maximum absolute atomic E-state index is 14.2. The first-order valence-corrected chi connectivity index (χ1v) is 19.9.